The molecule has 1 aliphatic rings. The van der Waals surface area contributed by atoms with E-state index >= 15 is 0 Å². The predicted octanol–water partition coefficient (Wildman–Crippen LogP) is 6.32. The second-order valence-electron chi connectivity index (χ2n) is 8.28. The van der Waals surface area contributed by atoms with Gasteiger partial charge in [-0.3, -0.25) is 0 Å². The third-order valence-electron chi connectivity index (χ3n) is 5.79. The van der Waals surface area contributed by atoms with Gasteiger partial charge in [0.2, 0.25) is 5.88 Å². The molecule has 0 saturated heterocycles. The van der Waals surface area contributed by atoms with E-state index in [0.717, 1.165) is 16.7 Å². The zero-order valence-electron chi connectivity index (χ0n) is 19.7. The molecule has 0 saturated carbocycles. The van der Waals surface area contributed by atoms with Crippen molar-refractivity contribution < 1.29 is 19.0 Å². The molecule has 6 heteroatoms. The number of rotatable bonds is 6. The average Bonchev–Trinajstić information content (AvgIpc) is 2.92. The molecule has 0 fully saturated rings. The third kappa shape index (κ3) is 5.37. The van der Waals surface area contributed by atoms with E-state index in [-0.39, 0.29) is 5.88 Å². The molecule has 1 atom stereocenters. The first-order valence-corrected chi connectivity index (χ1v) is 11.6. The summed E-state index contributed by atoms with van der Waals surface area (Å²) in [5.74, 6) is 1.04. The number of esters is 1. The molecule has 4 aromatic rings. The van der Waals surface area contributed by atoms with Gasteiger partial charge in [-0.25, -0.2) is 4.79 Å². The van der Waals surface area contributed by atoms with Crippen molar-refractivity contribution in [2.45, 2.75) is 5.92 Å². The van der Waals surface area contributed by atoms with Gasteiger partial charge in [-0.05, 0) is 47.5 Å². The molecular weight excluding hydrogens is 464 g/mol. The van der Waals surface area contributed by atoms with Crippen molar-refractivity contribution >= 4 is 12.0 Å². The van der Waals surface area contributed by atoms with Crippen LogP contribution >= 0.6 is 0 Å². The molecule has 4 aromatic carbocycles. The Labute approximate surface area is 214 Å². The van der Waals surface area contributed by atoms with Gasteiger partial charge in [0.1, 0.15) is 34.6 Å². The first-order valence-electron chi connectivity index (χ1n) is 11.6. The van der Waals surface area contributed by atoms with Crippen LogP contribution in [0.2, 0.25) is 0 Å². The summed E-state index contributed by atoms with van der Waals surface area (Å²) in [7, 11) is 0. The quantitative estimate of drug-likeness (QED) is 0.195. The van der Waals surface area contributed by atoms with Crippen LogP contribution in [-0.4, -0.2) is 5.97 Å². The van der Waals surface area contributed by atoms with E-state index in [4.69, 9.17) is 19.9 Å². The van der Waals surface area contributed by atoms with Crippen LogP contribution in [-0.2, 0) is 4.79 Å². The Hall–Kier alpha value is -5.28. The first-order chi connectivity index (χ1) is 18.1. The Morgan fingerprint density at radius 3 is 2.35 bits per heavy atom. The molecule has 37 heavy (non-hydrogen) atoms. The largest absolute Gasteiger partial charge is 0.457 e. The summed E-state index contributed by atoms with van der Waals surface area (Å²) >= 11 is 0. The highest BCUT2D eigenvalue weighted by Crippen LogP contribution is 2.44. The second kappa shape index (κ2) is 10.5. The highest BCUT2D eigenvalue weighted by Gasteiger charge is 2.31. The molecule has 0 spiro atoms. The Morgan fingerprint density at radius 2 is 1.59 bits per heavy atom. The highest BCUT2D eigenvalue weighted by molar-refractivity contribution is 5.88. The molecule has 0 aromatic heterocycles. The van der Waals surface area contributed by atoms with E-state index in [1.807, 2.05) is 84.9 Å². The standard InChI is InChI=1S/C31H22N2O4/c32-20-27-30(22-10-7-13-24(18-22)35-23-11-5-2-6-12-23)26-16-15-25(19-28(26)37-31(27)33)36-29(34)17-14-21-8-3-1-4-9-21/h1-19,30H,33H2/b17-14+. The fourth-order valence-electron chi connectivity index (χ4n) is 4.10. The van der Waals surface area contributed by atoms with E-state index in [1.165, 1.54) is 6.08 Å². The lowest BCUT2D eigenvalue weighted by atomic mass is 9.83. The van der Waals surface area contributed by atoms with Crippen molar-refractivity contribution in [2.24, 2.45) is 5.73 Å². The highest BCUT2D eigenvalue weighted by atomic mass is 16.5. The molecule has 5 rings (SSSR count). The van der Waals surface area contributed by atoms with Gasteiger partial charge in [-0.2, -0.15) is 5.26 Å². The van der Waals surface area contributed by atoms with Crippen molar-refractivity contribution in [1.82, 2.24) is 0 Å². The van der Waals surface area contributed by atoms with Crippen LogP contribution in [0.15, 0.2) is 121 Å². The van der Waals surface area contributed by atoms with E-state index < -0.39 is 11.9 Å². The number of hydrogen-bond acceptors (Lipinski definition) is 6. The zero-order chi connectivity index (χ0) is 25.6. The number of carbonyl (C=O) groups excluding carboxylic acids is 1. The number of fused-ring (bicyclic) bond motifs is 1. The van der Waals surface area contributed by atoms with Crippen LogP contribution in [0.4, 0.5) is 0 Å². The molecule has 6 nitrogen and oxygen atoms in total. The second-order valence-corrected chi connectivity index (χ2v) is 8.28. The van der Waals surface area contributed by atoms with Gasteiger partial charge in [0.05, 0.1) is 5.92 Å². The minimum Gasteiger partial charge on any atom is -0.457 e. The zero-order valence-corrected chi connectivity index (χ0v) is 19.7. The van der Waals surface area contributed by atoms with Crippen molar-refractivity contribution in [3.63, 3.8) is 0 Å². The monoisotopic (exact) mass is 486 g/mol. The van der Waals surface area contributed by atoms with E-state index in [2.05, 4.69) is 6.07 Å². The minimum absolute atomic E-state index is 0.00170. The van der Waals surface area contributed by atoms with Crippen molar-refractivity contribution in [1.29, 1.82) is 5.26 Å². The maximum absolute atomic E-state index is 12.3. The Bertz CT molecular complexity index is 1540. The van der Waals surface area contributed by atoms with Gasteiger partial charge in [-0.1, -0.05) is 66.7 Å². The summed E-state index contributed by atoms with van der Waals surface area (Å²) in [6, 6.07) is 33.6. The van der Waals surface area contributed by atoms with E-state index in [9.17, 15) is 10.1 Å². The lowest BCUT2D eigenvalue weighted by Gasteiger charge is -2.27. The summed E-state index contributed by atoms with van der Waals surface area (Å²) in [4.78, 5) is 12.3. The number of para-hydroxylation sites is 1. The smallest absolute Gasteiger partial charge is 0.336 e. The van der Waals surface area contributed by atoms with E-state index in [1.54, 1.807) is 24.3 Å². The van der Waals surface area contributed by atoms with Gasteiger partial charge in [0.25, 0.3) is 0 Å². The topological polar surface area (TPSA) is 94.6 Å². The third-order valence-corrected chi connectivity index (χ3v) is 5.79. The van der Waals surface area contributed by atoms with Gasteiger partial charge >= 0.3 is 5.97 Å². The molecule has 0 amide bonds. The lowest BCUT2D eigenvalue weighted by Crippen LogP contribution is -2.21. The molecule has 0 radical (unpaired) electrons. The number of benzene rings is 4. The number of nitrogens with zero attached hydrogens (tertiary/aromatic N) is 1. The molecular formula is C31H22N2O4. The summed E-state index contributed by atoms with van der Waals surface area (Å²) in [5, 5.41) is 9.87. The van der Waals surface area contributed by atoms with Gasteiger partial charge in [0.15, 0.2) is 0 Å². The Kier molecular flexibility index (Phi) is 6.69. The van der Waals surface area contributed by atoms with E-state index in [0.29, 0.717) is 28.6 Å². The SMILES string of the molecule is N#CC1=C(N)Oc2cc(OC(=O)/C=C/c3ccccc3)ccc2C1c1cccc(Oc2ccccc2)c1. The van der Waals surface area contributed by atoms with Crippen LogP contribution in [0, 0.1) is 11.3 Å². The van der Waals surface area contributed by atoms with Crippen molar-refractivity contribution in [3.05, 3.63) is 137 Å². The van der Waals surface area contributed by atoms with Gasteiger partial charge in [0, 0.05) is 17.7 Å². The van der Waals surface area contributed by atoms with Crippen LogP contribution in [0.1, 0.15) is 22.6 Å². The summed E-state index contributed by atoms with van der Waals surface area (Å²) < 4.78 is 17.2. The maximum atomic E-state index is 12.3. The van der Waals surface area contributed by atoms with Gasteiger partial charge < -0.3 is 19.9 Å². The number of carbonyl (C=O) groups is 1. The predicted molar refractivity (Wildman–Crippen MR) is 140 cm³/mol. The summed E-state index contributed by atoms with van der Waals surface area (Å²) in [6.45, 7) is 0. The lowest BCUT2D eigenvalue weighted by molar-refractivity contribution is -0.128. The molecule has 0 bridgehead atoms. The number of allylic oxidation sites excluding steroid dienone is 1. The normalized spacial score (nSPS) is 14.4. The number of nitrogens with two attached hydrogens (primary N) is 1. The number of ether oxygens (including phenoxy) is 3. The molecule has 180 valence electrons. The molecule has 1 aliphatic heterocycles. The van der Waals surface area contributed by atoms with Crippen LogP contribution in [0.3, 0.4) is 0 Å². The van der Waals surface area contributed by atoms with Crippen LogP contribution in [0.5, 0.6) is 23.0 Å². The summed E-state index contributed by atoms with van der Waals surface area (Å²) in [6.07, 6.45) is 3.04. The van der Waals surface area contributed by atoms with Crippen molar-refractivity contribution in [2.75, 3.05) is 0 Å². The van der Waals surface area contributed by atoms with Crippen LogP contribution < -0.4 is 19.9 Å². The molecule has 1 heterocycles. The maximum Gasteiger partial charge on any atom is 0.336 e. The fourth-order valence-corrected chi connectivity index (χ4v) is 4.10. The Morgan fingerprint density at radius 1 is 0.865 bits per heavy atom. The number of hydrogen-bond donors (Lipinski definition) is 1. The molecule has 2 N–H and O–H groups in total. The Balaban J connectivity index is 1.42. The summed E-state index contributed by atoms with van der Waals surface area (Å²) in [5.41, 5.74) is 8.86. The van der Waals surface area contributed by atoms with Crippen molar-refractivity contribution in [3.8, 4) is 29.1 Å². The van der Waals surface area contributed by atoms with Gasteiger partial charge in [-0.15, -0.1) is 0 Å². The minimum atomic E-state index is -0.525. The molecule has 1 unspecified atom stereocenters. The average molecular weight is 487 g/mol. The molecule has 0 aliphatic carbocycles. The fraction of sp³-hybridized carbons (Fsp3) is 0.0323. The first kappa shape index (κ1) is 23.5. The van der Waals surface area contributed by atoms with Crippen LogP contribution in [0.25, 0.3) is 6.08 Å². The number of nitriles is 1.